The molecule has 11 heteroatoms. The van der Waals surface area contributed by atoms with Crippen LogP contribution < -0.4 is 4.74 Å². The maximum atomic E-state index is 10.6. The van der Waals surface area contributed by atoms with Gasteiger partial charge in [-0.15, -0.1) is 0 Å². The fraction of sp³-hybridized carbons (Fsp3) is 0.474. The molecule has 8 nitrogen and oxygen atoms in total. The van der Waals surface area contributed by atoms with Crippen LogP contribution in [0.3, 0.4) is 0 Å². The van der Waals surface area contributed by atoms with Crippen molar-refractivity contribution in [2.75, 3.05) is 13.2 Å². The van der Waals surface area contributed by atoms with Crippen molar-refractivity contribution in [2.24, 2.45) is 5.92 Å². The third kappa shape index (κ3) is 6.73. The predicted octanol–water partition coefficient (Wildman–Crippen LogP) is 2.70. The molecular weight excluding hydrogens is 403 g/mol. The molecule has 1 unspecified atom stereocenters. The number of rotatable bonds is 4. The standard InChI is InChI=1S/C17H21N5O.C2HF3O2/c1-13(2)21-8-15(9-22-12-19-7-16(22)10-21)11-23-17-4-3-14(5-18)6-20-17;3-2(4,5)1(6)7/h3-4,6-7,12-13,15H,8-11H2,1-2H3;(H,6,7). The van der Waals surface area contributed by atoms with Crippen molar-refractivity contribution in [3.05, 3.63) is 42.1 Å². The van der Waals surface area contributed by atoms with Gasteiger partial charge in [-0.3, -0.25) is 4.90 Å². The summed E-state index contributed by atoms with van der Waals surface area (Å²) in [6.45, 7) is 7.83. The van der Waals surface area contributed by atoms with Crippen LogP contribution >= 0.6 is 0 Å². The van der Waals surface area contributed by atoms with E-state index in [2.05, 4.69) is 39.4 Å². The summed E-state index contributed by atoms with van der Waals surface area (Å²) in [7, 11) is 0. The summed E-state index contributed by atoms with van der Waals surface area (Å²) in [6.07, 6.45) is 0.295. The zero-order valence-electron chi connectivity index (χ0n) is 16.5. The third-order valence-electron chi connectivity index (χ3n) is 4.42. The SMILES string of the molecule is CC(C)N1Cc2cncn2CC(COc2ccc(C#N)cn2)C1.O=C(O)C(F)(F)F. The summed E-state index contributed by atoms with van der Waals surface area (Å²) in [5, 5.41) is 15.9. The molecule has 1 atom stereocenters. The number of hydrogen-bond donors (Lipinski definition) is 1. The maximum absolute atomic E-state index is 10.6. The van der Waals surface area contributed by atoms with E-state index in [1.54, 1.807) is 12.1 Å². The molecule has 0 radical (unpaired) electrons. The Hall–Kier alpha value is -3.13. The van der Waals surface area contributed by atoms with Crippen LogP contribution in [0.1, 0.15) is 25.1 Å². The van der Waals surface area contributed by atoms with Gasteiger partial charge in [0.15, 0.2) is 0 Å². The van der Waals surface area contributed by atoms with Gasteiger partial charge in [-0.2, -0.15) is 18.4 Å². The number of carboxylic acid groups (broad SMARTS) is 1. The minimum atomic E-state index is -5.08. The summed E-state index contributed by atoms with van der Waals surface area (Å²) in [6, 6.07) is 6.01. The quantitative estimate of drug-likeness (QED) is 0.803. The smallest absolute Gasteiger partial charge is 0.477 e. The van der Waals surface area contributed by atoms with Gasteiger partial charge < -0.3 is 14.4 Å². The first-order valence-corrected chi connectivity index (χ1v) is 9.12. The summed E-state index contributed by atoms with van der Waals surface area (Å²) in [4.78, 5) is 19.8. The lowest BCUT2D eigenvalue weighted by Crippen LogP contribution is -2.35. The van der Waals surface area contributed by atoms with E-state index in [4.69, 9.17) is 19.9 Å². The van der Waals surface area contributed by atoms with Crippen molar-refractivity contribution >= 4 is 5.97 Å². The number of aromatic nitrogens is 3. The molecule has 0 aromatic carbocycles. The number of nitriles is 1. The molecule has 0 bridgehead atoms. The number of halogens is 3. The van der Waals surface area contributed by atoms with Crippen LogP contribution in [0.5, 0.6) is 5.88 Å². The van der Waals surface area contributed by atoms with Gasteiger partial charge in [0.2, 0.25) is 5.88 Å². The normalized spacial score (nSPS) is 16.6. The first-order valence-electron chi connectivity index (χ1n) is 9.12. The number of alkyl halides is 3. The molecule has 3 heterocycles. The first kappa shape index (κ1) is 23.2. The highest BCUT2D eigenvalue weighted by Gasteiger charge is 2.38. The van der Waals surface area contributed by atoms with Crippen molar-refractivity contribution in [3.8, 4) is 11.9 Å². The molecular formula is C19H22F3N5O3. The van der Waals surface area contributed by atoms with Crippen molar-refractivity contribution < 1.29 is 27.8 Å². The van der Waals surface area contributed by atoms with Crippen LogP contribution in [0.25, 0.3) is 0 Å². The molecule has 1 aliphatic rings. The fourth-order valence-electron chi connectivity index (χ4n) is 2.82. The van der Waals surface area contributed by atoms with Gasteiger partial charge >= 0.3 is 12.1 Å². The van der Waals surface area contributed by atoms with Crippen molar-refractivity contribution in [3.63, 3.8) is 0 Å². The van der Waals surface area contributed by atoms with Crippen LogP contribution in [0, 0.1) is 17.2 Å². The number of hydrogen-bond acceptors (Lipinski definition) is 6. The van der Waals surface area contributed by atoms with Gasteiger partial charge in [-0.1, -0.05) is 0 Å². The maximum Gasteiger partial charge on any atom is 0.490 e. The van der Waals surface area contributed by atoms with E-state index in [-0.39, 0.29) is 0 Å². The van der Waals surface area contributed by atoms with Crippen LogP contribution in [0.15, 0.2) is 30.9 Å². The number of nitrogens with zero attached hydrogens (tertiary/aromatic N) is 5. The van der Waals surface area contributed by atoms with E-state index in [9.17, 15) is 13.2 Å². The second-order valence-corrected chi connectivity index (χ2v) is 7.04. The number of aliphatic carboxylic acids is 1. The highest BCUT2D eigenvalue weighted by molar-refractivity contribution is 5.73. The lowest BCUT2D eigenvalue weighted by atomic mass is 10.1. The lowest BCUT2D eigenvalue weighted by molar-refractivity contribution is -0.192. The van der Waals surface area contributed by atoms with Gasteiger partial charge in [-0.05, 0) is 19.9 Å². The Labute approximate surface area is 171 Å². The van der Waals surface area contributed by atoms with Gasteiger partial charge in [0.25, 0.3) is 0 Å². The number of pyridine rings is 1. The van der Waals surface area contributed by atoms with Crippen LogP contribution in [-0.4, -0.2) is 55.9 Å². The predicted molar refractivity (Wildman–Crippen MR) is 99.4 cm³/mol. The molecule has 162 valence electrons. The molecule has 0 saturated carbocycles. The Morgan fingerprint density at radius 1 is 1.37 bits per heavy atom. The van der Waals surface area contributed by atoms with E-state index in [0.29, 0.717) is 30.0 Å². The molecule has 0 aliphatic carbocycles. The second kappa shape index (κ2) is 10.1. The molecule has 2 aromatic heterocycles. The van der Waals surface area contributed by atoms with Gasteiger partial charge in [0.05, 0.1) is 24.2 Å². The molecule has 1 N–H and O–H groups in total. The third-order valence-corrected chi connectivity index (χ3v) is 4.42. The van der Waals surface area contributed by atoms with Gasteiger partial charge in [-0.25, -0.2) is 14.8 Å². The highest BCUT2D eigenvalue weighted by Crippen LogP contribution is 2.19. The minimum Gasteiger partial charge on any atom is -0.477 e. The first-order chi connectivity index (χ1) is 14.1. The fourth-order valence-corrected chi connectivity index (χ4v) is 2.82. The van der Waals surface area contributed by atoms with E-state index >= 15 is 0 Å². The molecule has 1 aliphatic heterocycles. The van der Waals surface area contributed by atoms with Gasteiger partial charge in [0.1, 0.15) is 6.07 Å². The Morgan fingerprint density at radius 3 is 2.60 bits per heavy atom. The number of carbonyl (C=O) groups is 1. The Morgan fingerprint density at radius 2 is 2.07 bits per heavy atom. The summed E-state index contributed by atoms with van der Waals surface area (Å²) < 4.78 is 39.8. The number of imidazole rings is 1. The van der Waals surface area contributed by atoms with Crippen molar-refractivity contribution in [1.29, 1.82) is 5.26 Å². The molecule has 0 fully saturated rings. The zero-order valence-corrected chi connectivity index (χ0v) is 16.5. The van der Waals surface area contributed by atoms with E-state index in [0.717, 1.165) is 19.6 Å². The minimum absolute atomic E-state index is 0.366. The molecule has 30 heavy (non-hydrogen) atoms. The molecule has 0 spiro atoms. The summed E-state index contributed by atoms with van der Waals surface area (Å²) in [5.74, 6) is -1.83. The Kier molecular flexibility index (Phi) is 7.77. The summed E-state index contributed by atoms with van der Waals surface area (Å²) >= 11 is 0. The van der Waals surface area contributed by atoms with Crippen LogP contribution in [0.2, 0.25) is 0 Å². The van der Waals surface area contributed by atoms with Crippen molar-refractivity contribution in [1.82, 2.24) is 19.4 Å². The monoisotopic (exact) mass is 425 g/mol. The van der Waals surface area contributed by atoms with Gasteiger partial charge in [0, 0.05) is 50.1 Å². The number of carboxylic acids is 1. The Bertz CT molecular complexity index is 875. The van der Waals surface area contributed by atoms with E-state index < -0.39 is 12.1 Å². The molecule has 0 amide bonds. The number of fused-ring (bicyclic) bond motifs is 1. The van der Waals surface area contributed by atoms with E-state index in [1.165, 1.54) is 11.9 Å². The molecule has 3 rings (SSSR count). The van der Waals surface area contributed by atoms with Crippen LogP contribution in [-0.2, 0) is 17.9 Å². The second-order valence-electron chi connectivity index (χ2n) is 7.04. The lowest BCUT2D eigenvalue weighted by Gasteiger charge is -2.27. The average Bonchev–Trinajstić information content (AvgIpc) is 3.04. The van der Waals surface area contributed by atoms with Crippen molar-refractivity contribution in [2.45, 2.75) is 39.2 Å². The Balaban J connectivity index is 0.000000396. The number of ether oxygens (including phenoxy) is 1. The highest BCUT2D eigenvalue weighted by atomic mass is 19.4. The summed E-state index contributed by atoms with van der Waals surface area (Å²) in [5.41, 5.74) is 1.79. The van der Waals surface area contributed by atoms with E-state index in [1.807, 2.05) is 12.5 Å². The largest absolute Gasteiger partial charge is 0.490 e. The average molecular weight is 425 g/mol. The van der Waals surface area contributed by atoms with Crippen LogP contribution in [0.4, 0.5) is 13.2 Å². The molecule has 2 aromatic rings. The molecule has 0 saturated heterocycles. The zero-order chi connectivity index (χ0) is 22.3. The topological polar surface area (TPSA) is 104 Å².